The van der Waals surface area contributed by atoms with Gasteiger partial charge in [0.15, 0.2) is 0 Å². The molecule has 0 saturated heterocycles. The lowest BCUT2D eigenvalue weighted by Crippen LogP contribution is -2.33. The molecule has 0 radical (unpaired) electrons. The number of hydrogen-bond donors (Lipinski definition) is 2. The molecule has 0 spiro atoms. The summed E-state index contributed by atoms with van der Waals surface area (Å²) in [5.74, 6) is -0.159. The summed E-state index contributed by atoms with van der Waals surface area (Å²) in [5.41, 5.74) is 1.13. The Morgan fingerprint density at radius 1 is 1.21 bits per heavy atom. The molecule has 2 amide bonds. The number of benzene rings is 1. The Hall–Kier alpha value is -2.35. The second-order valence-electron chi connectivity index (χ2n) is 4.61. The number of carbonyl (C=O) groups excluding carboxylic acids is 2. The van der Waals surface area contributed by atoms with Crippen molar-refractivity contribution >= 4 is 17.5 Å². The zero-order valence-corrected chi connectivity index (χ0v) is 11.1. The number of carbonyl (C=O) groups is 2. The zero-order valence-electron chi connectivity index (χ0n) is 11.1. The van der Waals surface area contributed by atoms with Crippen LogP contribution < -0.4 is 10.6 Å². The summed E-state index contributed by atoms with van der Waals surface area (Å²) in [6.45, 7) is 3.83. The highest BCUT2D eigenvalue weighted by atomic mass is 16.2. The number of nitriles is 1. The SMILES string of the molecule is CC(C)CC(=O)NCC(=O)Nc1ccc(C#N)cc1. The number of amides is 2. The Labute approximate surface area is 112 Å². The maximum absolute atomic E-state index is 11.6. The second kappa shape index (κ2) is 7.17. The van der Waals surface area contributed by atoms with Crippen LogP contribution in [0, 0.1) is 17.2 Å². The van der Waals surface area contributed by atoms with E-state index in [1.165, 1.54) is 0 Å². The average Bonchev–Trinajstić information content (AvgIpc) is 2.36. The highest BCUT2D eigenvalue weighted by Crippen LogP contribution is 2.08. The smallest absolute Gasteiger partial charge is 0.243 e. The lowest BCUT2D eigenvalue weighted by atomic mass is 10.1. The van der Waals surface area contributed by atoms with Crippen LogP contribution in [-0.2, 0) is 9.59 Å². The number of anilines is 1. The Morgan fingerprint density at radius 2 is 1.84 bits per heavy atom. The molecule has 0 aliphatic heterocycles. The van der Waals surface area contributed by atoms with Gasteiger partial charge in [0.25, 0.3) is 0 Å². The van der Waals surface area contributed by atoms with Crippen molar-refractivity contribution < 1.29 is 9.59 Å². The van der Waals surface area contributed by atoms with E-state index < -0.39 is 0 Å². The lowest BCUT2D eigenvalue weighted by Gasteiger charge is -2.08. The number of rotatable bonds is 5. The minimum absolute atomic E-state index is 0.0500. The van der Waals surface area contributed by atoms with Crippen LogP contribution >= 0.6 is 0 Å². The molecule has 0 aromatic heterocycles. The van der Waals surface area contributed by atoms with Crippen LogP contribution in [0.25, 0.3) is 0 Å². The molecule has 0 aliphatic rings. The van der Waals surface area contributed by atoms with E-state index in [2.05, 4.69) is 10.6 Å². The minimum Gasteiger partial charge on any atom is -0.347 e. The van der Waals surface area contributed by atoms with Crippen molar-refractivity contribution in [2.24, 2.45) is 5.92 Å². The van der Waals surface area contributed by atoms with Gasteiger partial charge >= 0.3 is 0 Å². The summed E-state index contributed by atoms with van der Waals surface area (Å²) in [5, 5.41) is 13.8. The predicted molar refractivity (Wildman–Crippen MR) is 72.3 cm³/mol. The van der Waals surface area contributed by atoms with Gasteiger partial charge in [0.1, 0.15) is 0 Å². The van der Waals surface area contributed by atoms with Gasteiger partial charge in [-0.05, 0) is 30.2 Å². The van der Waals surface area contributed by atoms with Crippen LogP contribution in [0.3, 0.4) is 0 Å². The molecule has 1 aromatic rings. The van der Waals surface area contributed by atoms with Gasteiger partial charge in [0.2, 0.25) is 11.8 Å². The van der Waals surface area contributed by atoms with Crippen LogP contribution in [0.1, 0.15) is 25.8 Å². The number of nitrogens with one attached hydrogen (secondary N) is 2. The van der Waals surface area contributed by atoms with Gasteiger partial charge in [-0.2, -0.15) is 5.26 Å². The van der Waals surface area contributed by atoms with Crippen LogP contribution in [0.4, 0.5) is 5.69 Å². The Bertz CT molecular complexity index is 486. The Kier molecular flexibility index (Phi) is 5.55. The topological polar surface area (TPSA) is 82.0 Å². The van der Waals surface area contributed by atoms with Crippen molar-refractivity contribution in [2.75, 3.05) is 11.9 Å². The molecule has 2 N–H and O–H groups in total. The molecule has 0 aliphatic carbocycles. The van der Waals surface area contributed by atoms with E-state index in [4.69, 9.17) is 5.26 Å². The van der Waals surface area contributed by atoms with E-state index >= 15 is 0 Å². The normalized spacial score (nSPS) is 9.79. The van der Waals surface area contributed by atoms with Gasteiger partial charge in [0.05, 0.1) is 18.2 Å². The van der Waals surface area contributed by atoms with Gasteiger partial charge in [-0.25, -0.2) is 0 Å². The Balaban J connectivity index is 2.38. The van der Waals surface area contributed by atoms with Gasteiger partial charge < -0.3 is 10.6 Å². The molecule has 5 heteroatoms. The lowest BCUT2D eigenvalue weighted by molar-refractivity contribution is -0.124. The third kappa shape index (κ3) is 5.68. The van der Waals surface area contributed by atoms with Crippen molar-refractivity contribution in [3.63, 3.8) is 0 Å². The fraction of sp³-hybridized carbons (Fsp3) is 0.357. The quantitative estimate of drug-likeness (QED) is 0.843. The first-order chi connectivity index (χ1) is 9.01. The van der Waals surface area contributed by atoms with E-state index in [0.717, 1.165) is 0 Å². The Morgan fingerprint density at radius 3 is 2.37 bits per heavy atom. The first-order valence-electron chi connectivity index (χ1n) is 6.08. The largest absolute Gasteiger partial charge is 0.347 e. The summed E-state index contributed by atoms with van der Waals surface area (Å²) in [4.78, 5) is 22.9. The third-order valence-electron chi connectivity index (χ3n) is 2.34. The molecule has 5 nitrogen and oxygen atoms in total. The van der Waals surface area contributed by atoms with Crippen molar-refractivity contribution in [1.82, 2.24) is 5.32 Å². The second-order valence-corrected chi connectivity index (χ2v) is 4.61. The van der Waals surface area contributed by atoms with E-state index in [1.807, 2.05) is 19.9 Å². The third-order valence-corrected chi connectivity index (χ3v) is 2.34. The van der Waals surface area contributed by atoms with Gasteiger partial charge in [-0.1, -0.05) is 13.8 Å². The highest BCUT2D eigenvalue weighted by molar-refractivity contribution is 5.94. The van der Waals surface area contributed by atoms with Gasteiger partial charge in [-0.15, -0.1) is 0 Å². The summed E-state index contributed by atoms with van der Waals surface area (Å²) < 4.78 is 0. The molecule has 0 saturated carbocycles. The summed E-state index contributed by atoms with van der Waals surface area (Å²) in [7, 11) is 0. The molecule has 1 aromatic carbocycles. The van der Waals surface area contributed by atoms with Gasteiger partial charge in [-0.3, -0.25) is 9.59 Å². The van der Waals surface area contributed by atoms with Crippen LogP contribution in [0.2, 0.25) is 0 Å². The molecule has 0 heterocycles. The number of nitrogens with zero attached hydrogens (tertiary/aromatic N) is 1. The first kappa shape index (κ1) is 14.7. The maximum Gasteiger partial charge on any atom is 0.243 e. The van der Waals surface area contributed by atoms with Crippen LogP contribution in [0.5, 0.6) is 0 Å². The minimum atomic E-state index is -0.290. The predicted octanol–water partition coefficient (Wildman–Crippen LogP) is 1.66. The highest BCUT2D eigenvalue weighted by Gasteiger charge is 2.07. The summed E-state index contributed by atoms with van der Waals surface area (Å²) in [6.07, 6.45) is 0.407. The molecule has 1 rings (SSSR count). The van der Waals surface area contributed by atoms with Gasteiger partial charge in [0, 0.05) is 12.1 Å². The average molecular weight is 259 g/mol. The van der Waals surface area contributed by atoms with Crippen LogP contribution in [0.15, 0.2) is 24.3 Å². The van der Waals surface area contributed by atoms with E-state index in [0.29, 0.717) is 17.7 Å². The molecular formula is C14H17N3O2. The van der Waals surface area contributed by atoms with Crippen molar-refractivity contribution in [1.29, 1.82) is 5.26 Å². The summed E-state index contributed by atoms with van der Waals surface area (Å²) in [6, 6.07) is 8.52. The van der Waals surface area contributed by atoms with E-state index in [1.54, 1.807) is 24.3 Å². The summed E-state index contributed by atoms with van der Waals surface area (Å²) >= 11 is 0. The fourth-order valence-corrected chi connectivity index (χ4v) is 1.46. The molecular weight excluding hydrogens is 242 g/mol. The molecule has 0 atom stereocenters. The molecule has 100 valence electrons. The molecule has 19 heavy (non-hydrogen) atoms. The first-order valence-corrected chi connectivity index (χ1v) is 6.08. The van der Waals surface area contributed by atoms with Crippen molar-refractivity contribution in [2.45, 2.75) is 20.3 Å². The maximum atomic E-state index is 11.6. The van der Waals surface area contributed by atoms with E-state index in [-0.39, 0.29) is 24.3 Å². The molecule has 0 fully saturated rings. The van der Waals surface area contributed by atoms with Crippen molar-refractivity contribution in [3.05, 3.63) is 29.8 Å². The standard InChI is InChI=1S/C14H17N3O2/c1-10(2)7-13(18)16-9-14(19)17-12-5-3-11(8-15)4-6-12/h3-6,10H,7,9H2,1-2H3,(H,16,18)(H,17,19). The molecule has 0 unspecified atom stereocenters. The van der Waals surface area contributed by atoms with Crippen molar-refractivity contribution in [3.8, 4) is 6.07 Å². The fourth-order valence-electron chi connectivity index (χ4n) is 1.46. The molecule has 0 bridgehead atoms. The monoisotopic (exact) mass is 259 g/mol. The van der Waals surface area contributed by atoms with E-state index in [9.17, 15) is 9.59 Å². The van der Waals surface area contributed by atoms with Crippen LogP contribution in [-0.4, -0.2) is 18.4 Å². The number of hydrogen-bond acceptors (Lipinski definition) is 3. The zero-order chi connectivity index (χ0) is 14.3.